The molecule has 3 aliphatic rings. The lowest BCUT2D eigenvalue weighted by Gasteiger charge is -2.33. The number of methoxy groups -OCH3 is 1. The quantitative estimate of drug-likeness (QED) is 0.131. The lowest BCUT2D eigenvalue weighted by Crippen LogP contribution is -2.51. The number of carbonyl (C=O) groups excluding carboxylic acids is 4. The van der Waals surface area contributed by atoms with E-state index in [4.69, 9.17) is 9.47 Å². The molecule has 3 saturated heterocycles. The Balaban J connectivity index is 0.978. The number of imidazole rings is 2. The first-order valence-corrected chi connectivity index (χ1v) is 19.4. The fraction of sp³-hybridized carbons (Fsp3) is 0.395. The van der Waals surface area contributed by atoms with Crippen molar-refractivity contribution in [1.29, 1.82) is 0 Å². The molecule has 2 aromatic heterocycles. The third-order valence-electron chi connectivity index (χ3n) is 10.8. The second-order valence-corrected chi connectivity index (χ2v) is 15.1. The summed E-state index contributed by atoms with van der Waals surface area (Å²) < 4.78 is 9.86. The van der Waals surface area contributed by atoms with Gasteiger partial charge >= 0.3 is 12.2 Å². The van der Waals surface area contributed by atoms with Crippen molar-refractivity contribution < 1.29 is 28.7 Å². The molecule has 0 radical (unpaired) electrons. The Kier molecular flexibility index (Phi) is 11.5. The summed E-state index contributed by atoms with van der Waals surface area (Å²) in [4.78, 5) is 72.8. The molecule has 4 amide bonds. The van der Waals surface area contributed by atoms with E-state index in [0.29, 0.717) is 37.6 Å². The molecule has 0 saturated carbocycles. The lowest BCUT2D eigenvalue weighted by molar-refractivity contribution is -0.138. The predicted molar refractivity (Wildman–Crippen MR) is 212 cm³/mol. The van der Waals surface area contributed by atoms with Crippen molar-refractivity contribution in [2.24, 2.45) is 5.92 Å². The number of aromatic nitrogens is 4. The van der Waals surface area contributed by atoms with Crippen LogP contribution in [-0.2, 0) is 19.1 Å². The Bertz CT molecular complexity index is 2220. The Morgan fingerprint density at radius 3 is 1.82 bits per heavy atom. The zero-order valence-electron chi connectivity index (χ0n) is 32.9. The Morgan fingerprint density at radius 1 is 0.825 bits per heavy atom. The summed E-state index contributed by atoms with van der Waals surface area (Å²) in [5.41, 5.74) is 6.21. The zero-order chi connectivity index (χ0) is 40.2. The maximum atomic E-state index is 13.8. The molecule has 2 aromatic carbocycles. The van der Waals surface area contributed by atoms with Crippen molar-refractivity contribution in [3.05, 3.63) is 95.0 Å². The van der Waals surface area contributed by atoms with Crippen LogP contribution in [0.4, 0.5) is 9.59 Å². The maximum Gasteiger partial charge on any atom is 0.411 e. The average Bonchev–Trinajstić information content (AvgIpc) is 4.06. The molecule has 0 aliphatic carbocycles. The van der Waals surface area contributed by atoms with E-state index >= 15 is 0 Å². The van der Waals surface area contributed by atoms with E-state index < -0.39 is 18.2 Å². The van der Waals surface area contributed by atoms with Crippen LogP contribution in [0.15, 0.2) is 72.2 Å². The normalized spacial score (nSPS) is 18.3. The van der Waals surface area contributed by atoms with Gasteiger partial charge in [0.25, 0.3) is 5.91 Å². The number of rotatable bonds is 9. The van der Waals surface area contributed by atoms with Crippen LogP contribution in [0.5, 0.6) is 0 Å². The number of carbonyl (C=O) groups is 4. The third-order valence-corrected chi connectivity index (χ3v) is 10.8. The molecule has 3 fully saturated rings. The zero-order valence-corrected chi connectivity index (χ0v) is 32.9. The summed E-state index contributed by atoms with van der Waals surface area (Å²) in [6, 6.07) is 14.8. The number of hydrogen-bond donors (Lipinski definition) is 3. The number of alkyl carbamates (subject to hydrolysis) is 1. The number of aromatic amines is 2. The second-order valence-electron chi connectivity index (χ2n) is 15.1. The van der Waals surface area contributed by atoms with Crippen molar-refractivity contribution >= 4 is 24.0 Å². The van der Waals surface area contributed by atoms with E-state index in [0.717, 1.165) is 65.1 Å². The van der Waals surface area contributed by atoms with Gasteiger partial charge in [0, 0.05) is 24.2 Å². The molecule has 0 unspecified atom stereocenters. The van der Waals surface area contributed by atoms with E-state index in [9.17, 15) is 19.2 Å². The third kappa shape index (κ3) is 8.28. The number of ether oxygens (including phenoxy) is 2. The number of allylic oxidation sites excluding steroid dienone is 1. The van der Waals surface area contributed by atoms with Gasteiger partial charge in [-0.3, -0.25) is 19.8 Å². The highest BCUT2D eigenvalue weighted by Crippen LogP contribution is 2.35. The van der Waals surface area contributed by atoms with Crippen LogP contribution in [-0.4, -0.2) is 98.0 Å². The topological polar surface area (TPSA) is 166 Å². The minimum absolute atomic E-state index is 0.0505. The van der Waals surface area contributed by atoms with E-state index in [1.54, 1.807) is 36.0 Å². The molecule has 3 atom stereocenters. The Labute approximate surface area is 332 Å². The van der Waals surface area contributed by atoms with E-state index in [1.807, 2.05) is 67.3 Å². The highest BCUT2D eigenvalue weighted by molar-refractivity contribution is 5.97. The predicted octanol–water partition coefficient (Wildman–Crippen LogP) is 6.32. The Morgan fingerprint density at radius 2 is 1.35 bits per heavy atom. The number of cyclic esters (lactones) is 1. The highest BCUT2D eigenvalue weighted by atomic mass is 16.6. The van der Waals surface area contributed by atoms with Crippen LogP contribution in [0.1, 0.15) is 88.2 Å². The number of nitrogens with zero attached hydrogens (tertiary/aromatic N) is 5. The molecule has 296 valence electrons. The number of nitrogens with one attached hydrogen (secondary N) is 3. The molecule has 14 nitrogen and oxygen atoms in total. The summed E-state index contributed by atoms with van der Waals surface area (Å²) in [5, 5.41) is 2.57. The van der Waals surface area contributed by atoms with Crippen LogP contribution >= 0.6 is 0 Å². The first kappa shape index (κ1) is 38.9. The molecular weight excluding hydrogens is 725 g/mol. The Hall–Kier alpha value is -6.36. The van der Waals surface area contributed by atoms with Crippen LogP contribution in [0, 0.1) is 17.8 Å². The van der Waals surface area contributed by atoms with Gasteiger partial charge in [0.05, 0.1) is 49.5 Å². The van der Waals surface area contributed by atoms with Crippen molar-refractivity contribution in [3.8, 4) is 34.4 Å². The monoisotopic (exact) mass is 772 g/mol. The van der Waals surface area contributed by atoms with Crippen LogP contribution < -0.4 is 5.32 Å². The number of H-pyrrole nitrogens is 2. The van der Waals surface area contributed by atoms with E-state index in [1.165, 1.54) is 7.11 Å². The number of amides is 4. The first-order chi connectivity index (χ1) is 27.5. The van der Waals surface area contributed by atoms with Crippen molar-refractivity contribution in [1.82, 2.24) is 40.0 Å². The first-order valence-electron chi connectivity index (χ1n) is 19.4. The lowest BCUT2D eigenvalue weighted by atomic mass is 10.0. The van der Waals surface area contributed by atoms with E-state index in [2.05, 4.69) is 37.1 Å². The molecule has 14 heteroatoms. The van der Waals surface area contributed by atoms with Gasteiger partial charge in [-0.2, -0.15) is 0 Å². The minimum Gasteiger partial charge on any atom is -0.453 e. The SMILES string of the molecule is COC(=O)NC(C(=O)N1CCC[C@H]1c1ncc(-c2ccc(C#Cc3ccc(-c4cnc([C@@H]5CCCN5C(=O)[C@H](C(C)C)N5CCOC5=O)[nH]4)cc3)cc2)[nH]1)=C(C)C. The molecule has 3 aliphatic heterocycles. The number of benzene rings is 2. The number of likely N-dealkylation sites (tertiary alicyclic amines) is 2. The largest absolute Gasteiger partial charge is 0.453 e. The highest BCUT2D eigenvalue weighted by Gasteiger charge is 2.42. The van der Waals surface area contributed by atoms with Crippen LogP contribution in [0.3, 0.4) is 0 Å². The van der Waals surface area contributed by atoms with Gasteiger partial charge in [0.15, 0.2) is 0 Å². The van der Waals surface area contributed by atoms with Gasteiger partial charge in [-0.25, -0.2) is 19.6 Å². The molecule has 5 heterocycles. The molecule has 3 N–H and O–H groups in total. The fourth-order valence-electron chi connectivity index (χ4n) is 7.82. The van der Waals surface area contributed by atoms with Gasteiger partial charge in [-0.05, 0) is 86.4 Å². The van der Waals surface area contributed by atoms with Crippen molar-refractivity contribution in [2.75, 3.05) is 33.4 Å². The smallest absolute Gasteiger partial charge is 0.411 e. The molecular formula is C43H48N8O6. The fourth-order valence-corrected chi connectivity index (χ4v) is 7.82. The maximum absolute atomic E-state index is 13.8. The van der Waals surface area contributed by atoms with Crippen LogP contribution in [0.2, 0.25) is 0 Å². The van der Waals surface area contributed by atoms with Gasteiger partial charge in [-0.15, -0.1) is 0 Å². The van der Waals surface area contributed by atoms with Gasteiger partial charge in [0.2, 0.25) is 5.91 Å². The van der Waals surface area contributed by atoms with E-state index in [-0.39, 0.29) is 35.5 Å². The molecule has 0 spiro atoms. The summed E-state index contributed by atoms with van der Waals surface area (Å²) in [6.07, 6.45) is 5.70. The number of hydrogen-bond acceptors (Lipinski definition) is 8. The summed E-state index contributed by atoms with van der Waals surface area (Å²) >= 11 is 0. The van der Waals surface area contributed by atoms with Gasteiger partial charge in [0.1, 0.15) is 30.0 Å². The van der Waals surface area contributed by atoms with Gasteiger partial charge in [-0.1, -0.05) is 50.0 Å². The molecule has 0 bridgehead atoms. The summed E-state index contributed by atoms with van der Waals surface area (Å²) in [5.74, 6) is 7.55. The summed E-state index contributed by atoms with van der Waals surface area (Å²) in [6.45, 7) is 9.37. The van der Waals surface area contributed by atoms with Gasteiger partial charge < -0.3 is 29.2 Å². The standard InChI is InChI=1S/C43H48N8O6/c1-26(2)36(48-42(54)56-5)40(52)49-20-6-8-34(49)38-44-24-32(46-38)30-16-12-28(13-17-30)10-11-29-14-18-31(19-15-29)33-25-45-39(47-33)35-9-7-21-50(35)41(53)37(27(3)4)51-22-23-57-43(51)55/h12-19,24-25,27,34-35,37H,6-9,20-23H2,1-5H3,(H,44,46)(H,45,47)(H,48,54)/t34-,35-,37-/m0/s1. The average molecular weight is 773 g/mol. The van der Waals surface area contributed by atoms with Crippen molar-refractivity contribution in [3.63, 3.8) is 0 Å². The molecule has 57 heavy (non-hydrogen) atoms. The summed E-state index contributed by atoms with van der Waals surface area (Å²) in [7, 11) is 1.26. The van der Waals surface area contributed by atoms with Crippen LogP contribution in [0.25, 0.3) is 22.5 Å². The van der Waals surface area contributed by atoms with Crippen molar-refractivity contribution in [2.45, 2.75) is 71.5 Å². The minimum atomic E-state index is -0.684. The molecule has 7 rings (SSSR count). The molecule has 4 aromatic rings. The second kappa shape index (κ2) is 16.8.